The molecule has 0 aliphatic carbocycles. The minimum absolute atomic E-state index is 1.07. The lowest BCUT2D eigenvalue weighted by molar-refractivity contribution is 0.585. The first kappa shape index (κ1) is 14.6. The molecule has 2 radical (unpaired) electrons. The van der Waals surface area contributed by atoms with Gasteiger partial charge in [-0.05, 0) is 12.8 Å². The predicted molar refractivity (Wildman–Crippen MR) is 69.3 cm³/mol. The molecule has 15 heavy (non-hydrogen) atoms. The summed E-state index contributed by atoms with van der Waals surface area (Å²) in [5, 5.41) is 0. The highest BCUT2D eigenvalue weighted by atomic mass is 14.0. The summed E-state index contributed by atoms with van der Waals surface area (Å²) in [4.78, 5) is 0. The number of hydrogen-bond acceptors (Lipinski definition) is 0. The summed E-state index contributed by atoms with van der Waals surface area (Å²) in [5.41, 5.74) is 0. The first-order valence-corrected chi connectivity index (χ1v) is 6.51. The SMILES string of the molecule is [CH2]CCCCCCCCCC#C[CH]CC. The predicted octanol–water partition coefficient (Wildman–Crippen LogP) is 4.95. The van der Waals surface area contributed by atoms with Gasteiger partial charge < -0.3 is 0 Å². The van der Waals surface area contributed by atoms with E-state index < -0.39 is 0 Å². The largest absolute Gasteiger partial charge is 0.103 e. The van der Waals surface area contributed by atoms with Crippen molar-refractivity contribution in [1.82, 2.24) is 0 Å². The first-order valence-electron chi connectivity index (χ1n) is 6.51. The Kier molecular flexibility index (Phi) is 13.2. The van der Waals surface area contributed by atoms with Crippen LogP contribution in [0, 0.1) is 25.2 Å². The van der Waals surface area contributed by atoms with E-state index in [1.807, 2.05) is 6.42 Å². The zero-order valence-electron chi connectivity index (χ0n) is 10.4. The van der Waals surface area contributed by atoms with Gasteiger partial charge in [-0.1, -0.05) is 64.7 Å². The van der Waals surface area contributed by atoms with Gasteiger partial charge in [0.25, 0.3) is 0 Å². The molecular formula is C15H26. The molecule has 0 amide bonds. The van der Waals surface area contributed by atoms with Gasteiger partial charge in [-0.25, -0.2) is 0 Å². The van der Waals surface area contributed by atoms with Crippen molar-refractivity contribution in [3.05, 3.63) is 13.3 Å². The molecule has 0 nitrogen and oxygen atoms in total. The molecule has 0 N–H and O–H groups in total. The van der Waals surface area contributed by atoms with Crippen LogP contribution in [0.1, 0.15) is 71.1 Å². The van der Waals surface area contributed by atoms with Crippen molar-refractivity contribution in [3.8, 4) is 11.8 Å². The molecule has 0 bridgehead atoms. The normalized spacial score (nSPS) is 9.73. The maximum absolute atomic E-state index is 3.85. The van der Waals surface area contributed by atoms with E-state index in [1.165, 1.54) is 44.9 Å². The summed E-state index contributed by atoms with van der Waals surface area (Å²) < 4.78 is 0. The third kappa shape index (κ3) is 13.6. The molecule has 0 saturated heterocycles. The molecule has 0 atom stereocenters. The lowest BCUT2D eigenvalue weighted by Crippen LogP contribution is -1.80. The Labute approximate surface area is 96.8 Å². The Bertz CT molecular complexity index is 159. The zero-order chi connectivity index (χ0) is 11.2. The fourth-order valence-electron chi connectivity index (χ4n) is 1.52. The fraction of sp³-hybridized carbons (Fsp3) is 0.733. The Morgan fingerprint density at radius 1 is 0.933 bits per heavy atom. The Morgan fingerprint density at radius 3 is 2.13 bits per heavy atom. The van der Waals surface area contributed by atoms with E-state index in [2.05, 4.69) is 25.7 Å². The smallest absolute Gasteiger partial charge is 0.0337 e. The molecule has 0 heteroatoms. The summed E-state index contributed by atoms with van der Waals surface area (Å²) in [7, 11) is 0. The lowest BCUT2D eigenvalue weighted by Gasteiger charge is -1.99. The molecule has 0 rings (SSSR count). The Morgan fingerprint density at radius 2 is 1.53 bits per heavy atom. The van der Waals surface area contributed by atoms with Crippen LogP contribution in [0.3, 0.4) is 0 Å². The molecular weight excluding hydrogens is 180 g/mol. The van der Waals surface area contributed by atoms with Crippen LogP contribution < -0.4 is 0 Å². The van der Waals surface area contributed by atoms with Crippen LogP contribution in [0.4, 0.5) is 0 Å². The third-order valence-electron chi connectivity index (χ3n) is 2.46. The van der Waals surface area contributed by atoms with Crippen LogP contribution in [-0.4, -0.2) is 0 Å². The minimum atomic E-state index is 1.07. The molecule has 0 spiro atoms. The third-order valence-corrected chi connectivity index (χ3v) is 2.46. The van der Waals surface area contributed by atoms with Gasteiger partial charge in [-0.15, -0.1) is 5.92 Å². The fourth-order valence-corrected chi connectivity index (χ4v) is 1.52. The molecule has 0 unspecified atom stereocenters. The number of rotatable bonds is 9. The molecule has 0 aromatic carbocycles. The second-order valence-corrected chi connectivity index (χ2v) is 4.01. The van der Waals surface area contributed by atoms with Crippen molar-refractivity contribution in [3.63, 3.8) is 0 Å². The van der Waals surface area contributed by atoms with Crippen molar-refractivity contribution < 1.29 is 0 Å². The molecule has 0 aliphatic rings. The van der Waals surface area contributed by atoms with Gasteiger partial charge in [0.15, 0.2) is 0 Å². The quantitative estimate of drug-likeness (QED) is 0.370. The van der Waals surface area contributed by atoms with Crippen LogP contribution in [0.25, 0.3) is 0 Å². The molecule has 0 aromatic heterocycles. The van der Waals surface area contributed by atoms with Crippen molar-refractivity contribution in [1.29, 1.82) is 0 Å². The van der Waals surface area contributed by atoms with Gasteiger partial charge in [-0.3, -0.25) is 0 Å². The molecule has 0 heterocycles. The van der Waals surface area contributed by atoms with Crippen molar-refractivity contribution in [2.45, 2.75) is 71.1 Å². The average Bonchev–Trinajstić information content (AvgIpc) is 2.26. The minimum Gasteiger partial charge on any atom is -0.103 e. The van der Waals surface area contributed by atoms with Gasteiger partial charge in [-0.2, -0.15) is 0 Å². The molecule has 0 aliphatic heterocycles. The average molecular weight is 206 g/mol. The van der Waals surface area contributed by atoms with E-state index in [9.17, 15) is 0 Å². The topological polar surface area (TPSA) is 0 Å². The highest BCUT2D eigenvalue weighted by Crippen LogP contribution is 2.08. The number of unbranched alkanes of at least 4 members (excludes halogenated alkanes) is 9. The highest BCUT2D eigenvalue weighted by molar-refractivity contribution is 5.08. The maximum Gasteiger partial charge on any atom is 0.0337 e. The number of hydrogen-bond donors (Lipinski definition) is 0. The van der Waals surface area contributed by atoms with E-state index in [-0.39, 0.29) is 0 Å². The van der Waals surface area contributed by atoms with Gasteiger partial charge in [0.05, 0.1) is 0 Å². The molecule has 86 valence electrons. The summed E-state index contributed by atoms with van der Waals surface area (Å²) >= 11 is 0. The summed E-state index contributed by atoms with van der Waals surface area (Å²) in [6.07, 6.45) is 14.8. The summed E-state index contributed by atoms with van der Waals surface area (Å²) in [6, 6.07) is 0. The lowest BCUT2D eigenvalue weighted by atomic mass is 10.1. The highest BCUT2D eigenvalue weighted by Gasteiger charge is 1.89. The molecule has 0 saturated carbocycles. The van der Waals surface area contributed by atoms with Gasteiger partial charge in [0, 0.05) is 12.8 Å². The van der Waals surface area contributed by atoms with Crippen LogP contribution in [0.2, 0.25) is 0 Å². The second-order valence-electron chi connectivity index (χ2n) is 4.01. The van der Waals surface area contributed by atoms with Crippen molar-refractivity contribution in [2.24, 2.45) is 0 Å². The summed E-state index contributed by atoms with van der Waals surface area (Å²) in [5.74, 6) is 6.26. The van der Waals surface area contributed by atoms with Gasteiger partial charge in [0.1, 0.15) is 0 Å². The van der Waals surface area contributed by atoms with E-state index in [4.69, 9.17) is 0 Å². The van der Waals surface area contributed by atoms with Crippen LogP contribution in [0.15, 0.2) is 0 Å². The van der Waals surface area contributed by atoms with Gasteiger partial charge in [0.2, 0.25) is 0 Å². The van der Waals surface area contributed by atoms with Gasteiger partial charge >= 0.3 is 0 Å². The van der Waals surface area contributed by atoms with Crippen LogP contribution in [-0.2, 0) is 0 Å². The van der Waals surface area contributed by atoms with E-state index in [0.717, 1.165) is 19.3 Å². The zero-order valence-corrected chi connectivity index (χ0v) is 10.4. The molecule has 0 aromatic rings. The van der Waals surface area contributed by atoms with E-state index in [1.54, 1.807) is 0 Å². The maximum atomic E-state index is 3.85. The monoisotopic (exact) mass is 206 g/mol. The Balaban J connectivity index is 2.96. The van der Waals surface area contributed by atoms with Crippen LogP contribution >= 0.6 is 0 Å². The second kappa shape index (κ2) is 13.6. The molecule has 0 fully saturated rings. The Hall–Kier alpha value is -0.440. The van der Waals surface area contributed by atoms with Crippen molar-refractivity contribution in [2.75, 3.05) is 0 Å². The van der Waals surface area contributed by atoms with E-state index >= 15 is 0 Å². The van der Waals surface area contributed by atoms with Crippen LogP contribution in [0.5, 0.6) is 0 Å². The standard InChI is InChI=1S/C15H26/c1-3-5-7-9-11-13-15-14-12-10-8-6-4-2/h6H,1,3-5,7,9,11-15H2,2H3. The van der Waals surface area contributed by atoms with Crippen molar-refractivity contribution >= 4 is 0 Å². The van der Waals surface area contributed by atoms with E-state index in [0.29, 0.717) is 0 Å². The first-order chi connectivity index (χ1) is 7.41. The summed E-state index contributed by atoms with van der Waals surface area (Å²) in [6.45, 7) is 5.98.